The Kier molecular flexibility index (Phi) is 5.29. The third-order valence-corrected chi connectivity index (χ3v) is 5.42. The van der Waals surface area contributed by atoms with E-state index in [1.807, 2.05) is 35.2 Å². The van der Waals surface area contributed by atoms with E-state index in [-0.39, 0.29) is 5.91 Å². The molecule has 0 unspecified atom stereocenters. The van der Waals surface area contributed by atoms with Crippen LogP contribution in [0.4, 0.5) is 5.69 Å². The number of piperidine rings is 1. The average Bonchev–Trinajstić information content (AvgIpc) is 3.16. The SMILES string of the molecule is O=C(c1ccc(NCc2ccccc2Cl)cn1)N1CCC2(CC1)OCCO2. The molecule has 0 radical (unpaired) electrons. The lowest BCUT2D eigenvalue weighted by Gasteiger charge is -2.37. The first-order valence-electron chi connectivity index (χ1n) is 9.16. The number of rotatable bonds is 4. The molecule has 0 bridgehead atoms. The molecule has 2 aromatic rings. The molecule has 1 amide bonds. The number of carbonyl (C=O) groups excluding carboxylic acids is 1. The molecule has 4 rings (SSSR count). The van der Waals surface area contributed by atoms with Crippen LogP contribution in [-0.2, 0) is 16.0 Å². The summed E-state index contributed by atoms with van der Waals surface area (Å²) in [6, 6.07) is 11.3. The second kappa shape index (κ2) is 7.84. The Hall–Kier alpha value is -2.15. The highest BCUT2D eigenvalue weighted by molar-refractivity contribution is 6.31. The zero-order valence-corrected chi connectivity index (χ0v) is 15.7. The zero-order chi connectivity index (χ0) is 18.7. The van der Waals surface area contributed by atoms with Crippen LogP contribution >= 0.6 is 11.6 Å². The van der Waals surface area contributed by atoms with Crippen molar-refractivity contribution in [2.45, 2.75) is 25.2 Å². The third kappa shape index (κ3) is 4.08. The Labute approximate surface area is 163 Å². The van der Waals surface area contributed by atoms with Gasteiger partial charge in [0, 0.05) is 37.5 Å². The van der Waals surface area contributed by atoms with Crippen LogP contribution in [-0.4, -0.2) is 47.9 Å². The van der Waals surface area contributed by atoms with Crippen molar-refractivity contribution in [3.8, 4) is 0 Å². The minimum Gasteiger partial charge on any atom is -0.380 e. The molecule has 2 aliphatic heterocycles. The second-order valence-electron chi connectivity index (χ2n) is 6.78. The number of nitrogens with zero attached hydrogens (tertiary/aromatic N) is 2. The van der Waals surface area contributed by atoms with E-state index in [0.717, 1.165) is 16.3 Å². The largest absolute Gasteiger partial charge is 0.380 e. The molecule has 142 valence electrons. The number of pyridine rings is 1. The van der Waals surface area contributed by atoms with Crippen molar-refractivity contribution in [1.29, 1.82) is 0 Å². The van der Waals surface area contributed by atoms with Gasteiger partial charge in [0.15, 0.2) is 5.79 Å². The van der Waals surface area contributed by atoms with Gasteiger partial charge in [0.1, 0.15) is 5.69 Å². The van der Waals surface area contributed by atoms with Crippen molar-refractivity contribution in [3.05, 3.63) is 58.9 Å². The van der Waals surface area contributed by atoms with Crippen molar-refractivity contribution in [1.82, 2.24) is 9.88 Å². The van der Waals surface area contributed by atoms with Crippen LogP contribution < -0.4 is 5.32 Å². The first-order chi connectivity index (χ1) is 13.2. The van der Waals surface area contributed by atoms with Gasteiger partial charge >= 0.3 is 0 Å². The van der Waals surface area contributed by atoms with E-state index in [1.165, 1.54) is 0 Å². The molecule has 27 heavy (non-hydrogen) atoms. The summed E-state index contributed by atoms with van der Waals surface area (Å²) in [5, 5.41) is 4.00. The van der Waals surface area contributed by atoms with Crippen molar-refractivity contribution < 1.29 is 14.3 Å². The standard InChI is InChI=1S/C20H22ClN3O3/c21-17-4-2-1-3-15(17)13-22-16-5-6-18(23-14-16)19(25)24-9-7-20(8-10-24)26-11-12-27-20/h1-6,14,22H,7-13H2. The van der Waals surface area contributed by atoms with Gasteiger partial charge in [-0.2, -0.15) is 0 Å². The van der Waals surface area contributed by atoms with Gasteiger partial charge in [-0.05, 0) is 23.8 Å². The maximum absolute atomic E-state index is 12.7. The molecule has 1 aromatic heterocycles. The molecule has 1 spiro atoms. The van der Waals surface area contributed by atoms with E-state index < -0.39 is 5.79 Å². The summed E-state index contributed by atoms with van der Waals surface area (Å²) in [7, 11) is 0. The van der Waals surface area contributed by atoms with Gasteiger partial charge in [-0.1, -0.05) is 29.8 Å². The molecule has 2 saturated heterocycles. The van der Waals surface area contributed by atoms with E-state index in [4.69, 9.17) is 21.1 Å². The quantitative estimate of drug-likeness (QED) is 0.871. The average molecular weight is 388 g/mol. The molecule has 0 atom stereocenters. The molecule has 2 fully saturated rings. The van der Waals surface area contributed by atoms with Gasteiger partial charge in [0.05, 0.1) is 25.1 Å². The summed E-state index contributed by atoms with van der Waals surface area (Å²) < 4.78 is 11.4. The summed E-state index contributed by atoms with van der Waals surface area (Å²) in [4.78, 5) is 18.8. The van der Waals surface area contributed by atoms with Crippen LogP contribution in [0, 0.1) is 0 Å². The summed E-state index contributed by atoms with van der Waals surface area (Å²) in [6.45, 7) is 3.11. The number of hydrogen-bond donors (Lipinski definition) is 1. The normalized spacial score (nSPS) is 18.6. The van der Waals surface area contributed by atoms with Crippen LogP contribution in [0.15, 0.2) is 42.6 Å². The molecule has 0 saturated carbocycles. The highest BCUT2D eigenvalue weighted by Gasteiger charge is 2.40. The maximum atomic E-state index is 12.7. The number of carbonyl (C=O) groups is 1. The van der Waals surface area contributed by atoms with Crippen LogP contribution in [0.3, 0.4) is 0 Å². The molecule has 3 heterocycles. The van der Waals surface area contributed by atoms with Crippen LogP contribution in [0.25, 0.3) is 0 Å². The second-order valence-corrected chi connectivity index (χ2v) is 7.18. The number of anilines is 1. The van der Waals surface area contributed by atoms with E-state index in [1.54, 1.807) is 12.3 Å². The molecule has 1 aromatic carbocycles. The van der Waals surface area contributed by atoms with Gasteiger partial charge < -0.3 is 19.7 Å². The van der Waals surface area contributed by atoms with Crippen LogP contribution in [0.2, 0.25) is 5.02 Å². The fourth-order valence-electron chi connectivity index (χ4n) is 3.46. The fourth-order valence-corrected chi connectivity index (χ4v) is 3.66. The number of hydrogen-bond acceptors (Lipinski definition) is 5. The number of ether oxygens (including phenoxy) is 2. The lowest BCUT2D eigenvalue weighted by Crippen LogP contribution is -2.47. The van der Waals surface area contributed by atoms with Gasteiger partial charge in [-0.3, -0.25) is 4.79 Å². The number of halogens is 1. The third-order valence-electron chi connectivity index (χ3n) is 5.05. The molecule has 2 aliphatic rings. The van der Waals surface area contributed by atoms with Crippen LogP contribution in [0.1, 0.15) is 28.9 Å². The van der Waals surface area contributed by atoms with E-state index >= 15 is 0 Å². The zero-order valence-electron chi connectivity index (χ0n) is 15.0. The highest BCUT2D eigenvalue weighted by Crippen LogP contribution is 2.31. The van der Waals surface area contributed by atoms with Gasteiger partial charge in [0.25, 0.3) is 5.91 Å². The van der Waals surface area contributed by atoms with Crippen molar-refractivity contribution in [3.63, 3.8) is 0 Å². The lowest BCUT2D eigenvalue weighted by molar-refractivity contribution is -0.181. The monoisotopic (exact) mass is 387 g/mol. The highest BCUT2D eigenvalue weighted by atomic mass is 35.5. The number of amides is 1. The predicted octanol–water partition coefficient (Wildman–Crippen LogP) is 3.33. The molecular weight excluding hydrogens is 366 g/mol. The number of likely N-dealkylation sites (tertiary alicyclic amines) is 1. The smallest absolute Gasteiger partial charge is 0.272 e. The minimum atomic E-state index is -0.475. The maximum Gasteiger partial charge on any atom is 0.272 e. The Balaban J connectivity index is 1.33. The summed E-state index contributed by atoms with van der Waals surface area (Å²) in [6.07, 6.45) is 3.09. The predicted molar refractivity (Wildman–Crippen MR) is 103 cm³/mol. The van der Waals surface area contributed by atoms with Gasteiger partial charge in [-0.15, -0.1) is 0 Å². The van der Waals surface area contributed by atoms with Crippen LogP contribution in [0.5, 0.6) is 0 Å². The first-order valence-corrected chi connectivity index (χ1v) is 9.54. The van der Waals surface area contributed by atoms with E-state index in [2.05, 4.69) is 10.3 Å². The first kappa shape index (κ1) is 18.2. The van der Waals surface area contributed by atoms with Gasteiger partial charge in [0.2, 0.25) is 0 Å². The van der Waals surface area contributed by atoms with E-state index in [9.17, 15) is 4.79 Å². The Bertz CT molecular complexity index is 796. The molecule has 7 heteroatoms. The molecule has 0 aliphatic carbocycles. The minimum absolute atomic E-state index is 0.0551. The van der Waals surface area contributed by atoms with Gasteiger partial charge in [-0.25, -0.2) is 4.98 Å². The number of benzene rings is 1. The lowest BCUT2D eigenvalue weighted by atomic mass is 10.0. The molecule has 6 nitrogen and oxygen atoms in total. The Morgan fingerprint density at radius 2 is 1.89 bits per heavy atom. The summed E-state index contributed by atoms with van der Waals surface area (Å²) in [5.74, 6) is -0.531. The topological polar surface area (TPSA) is 63.7 Å². The number of nitrogens with one attached hydrogen (secondary N) is 1. The summed E-state index contributed by atoms with van der Waals surface area (Å²) >= 11 is 6.16. The Morgan fingerprint density at radius 1 is 1.15 bits per heavy atom. The van der Waals surface area contributed by atoms with Crippen molar-refractivity contribution in [2.24, 2.45) is 0 Å². The number of aromatic nitrogens is 1. The fraction of sp³-hybridized carbons (Fsp3) is 0.400. The molecular formula is C20H22ClN3O3. The molecule has 1 N–H and O–H groups in total. The Morgan fingerprint density at radius 3 is 2.56 bits per heavy atom. The summed E-state index contributed by atoms with van der Waals surface area (Å²) in [5.41, 5.74) is 2.30. The van der Waals surface area contributed by atoms with E-state index in [0.29, 0.717) is 51.4 Å². The van der Waals surface area contributed by atoms with Crippen molar-refractivity contribution >= 4 is 23.2 Å². The van der Waals surface area contributed by atoms with Crippen molar-refractivity contribution in [2.75, 3.05) is 31.6 Å².